The van der Waals surface area contributed by atoms with Crippen LogP contribution in [0.3, 0.4) is 0 Å². The highest BCUT2D eigenvalue weighted by Gasteiger charge is 2.34. The van der Waals surface area contributed by atoms with Crippen LogP contribution in [-0.2, 0) is 6.54 Å². The largest absolute Gasteiger partial charge is 0.335 e. The molecule has 0 bridgehead atoms. The van der Waals surface area contributed by atoms with Gasteiger partial charge >= 0.3 is 0 Å². The van der Waals surface area contributed by atoms with Crippen LogP contribution in [0.1, 0.15) is 23.7 Å². The molecular weight excluding hydrogens is 400 g/mol. The molecule has 6 nitrogen and oxygen atoms in total. The summed E-state index contributed by atoms with van der Waals surface area (Å²) in [5, 5.41) is 7.81. The molecule has 4 heterocycles. The van der Waals surface area contributed by atoms with E-state index < -0.39 is 17.5 Å². The maximum absolute atomic E-state index is 14.1. The SMILES string of the molecule is C[C@H]1C[C@@H](Cn2ccc3cc(-c4cn[nH]c4)cnc32)CN1C(=O)c1cccc(F)c1F. The number of amides is 1. The van der Waals surface area contributed by atoms with E-state index in [9.17, 15) is 13.6 Å². The molecule has 5 rings (SSSR count). The van der Waals surface area contributed by atoms with E-state index in [4.69, 9.17) is 0 Å². The van der Waals surface area contributed by atoms with E-state index in [1.807, 2.05) is 31.6 Å². The van der Waals surface area contributed by atoms with Crippen molar-refractivity contribution in [3.63, 3.8) is 0 Å². The van der Waals surface area contributed by atoms with Gasteiger partial charge in [0.25, 0.3) is 5.91 Å². The Kier molecular flexibility index (Phi) is 4.77. The van der Waals surface area contributed by atoms with Crippen molar-refractivity contribution in [1.82, 2.24) is 24.6 Å². The number of H-pyrrole nitrogens is 1. The molecule has 4 aromatic rings. The van der Waals surface area contributed by atoms with Gasteiger partial charge < -0.3 is 9.47 Å². The lowest BCUT2D eigenvalue weighted by Crippen LogP contribution is -2.34. The normalized spacial score (nSPS) is 18.7. The predicted octanol–water partition coefficient (Wildman–Crippen LogP) is 4.26. The van der Waals surface area contributed by atoms with Gasteiger partial charge in [0.05, 0.1) is 11.8 Å². The first-order chi connectivity index (χ1) is 15.0. The molecule has 0 radical (unpaired) electrons. The molecule has 1 amide bonds. The molecule has 2 atom stereocenters. The van der Waals surface area contributed by atoms with Crippen LogP contribution in [0, 0.1) is 17.6 Å². The summed E-state index contributed by atoms with van der Waals surface area (Å²) in [5.74, 6) is -2.36. The smallest absolute Gasteiger partial charge is 0.257 e. The topological polar surface area (TPSA) is 66.8 Å². The first-order valence-electron chi connectivity index (χ1n) is 10.2. The number of benzene rings is 1. The zero-order valence-corrected chi connectivity index (χ0v) is 16.9. The molecule has 0 unspecified atom stereocenters. The number of carbonyl (C=O) groups is 1. The number of halogens is 2. The molecule has 1 fully saturated rings. The third kappa shape index (κ3) is 3.48. The second kappa shape index (κ2) is 7.61. The van der Waals surface area contributed by atoms with Crippen LogP contribution in [0.25, 0.3) is 22.2 Å². The molecular formula is C23H21F2N5O. The number of fused-ring (bicyclic) bond motifs is 1. The Morgan fingerprint density at radius 1 is 1.23 bits per heavy atom. The monoisotopic (exact) mass is 421 g/mol. The van der Waals surface area contributed by atoms with Crippen LogP contribution in [-0.4, -0.2) is 43.1 Å². The van der Waals surface area contributed by atoms with E-state index in [0.29, 0.717) is 13.1 Å². The van der Waals surface area contributed by atoms with Gasteiger partial charge in [-0.3, -0.25) is 9.89 Å². The highest BCUT2D eigenvalue weighted by atomic mass is 19.2. The van der Waals surface area contributed by atoms with Crippen LogP contribution in [0.5, 0.6) is 0 Å². The van der Waals surface area contributed by atoms with Crippen molar-refractivity contribution in [3.05, 3.63) is 72.3 Å². The number of pyridine rings is 1. The van der Waals surface area contributed by atoms with Gasteiger partial charge in [-0.25, -0.2) is 13.8 Å². The van der Waals surface area contributed by atoms with Gasteiger partial charge in [-0.1, -0.05) is 6.07 Å². The van der Waals surface area contributed by atoms with Crippen molar-refractivity contribution < 1.29 is 13.6 Å². The van der Waals surface area contributed by atoms with Crippen molar-refractivity contribution in [1.29, 1.82) is 0 Å². The van der Waals surface area contributed by atoms with Crippen LogP contribution >= 0.6 is 0 Å². The average molecular weight is 421 g/mol. The third-order valence-electron chi connectivity index (χ3n) is 5.99. The molecule has 0 saturated carbocycles. The van der Waals surface area contributed by atoms with E-state index in [-0.39, 0.29) is 17.5 Å². The van der Waals surface area contributed by atoms with Crippen molar-refractivity contribution >= 4 is 16.9 Å². The second-order valence-electron chi connectivity index (χ2n) is 8.10. The summed E-state index contributed by atoms with van der Waals surface area (Å²) in [5.41, 5.74) is 2.63. The van der Waals surface area contributed by atoms with Gasteiger partial charge in [0.15, 0.2) is 11.6 Å². The lowest BCUT2D eigenvalue weighted by atomic mass is 10.1. The zero-order valence-electron chi connectivity index (χ0n) is 16.9. The van der Waals surface area contributed by atoms with E-state index in [1.165, 1.54) is 12.1 Å². The quantitative estimate of drug-likeness (QED) is 0.536. The van der Waals surface area contributed by atoms with E-state index in [1.54, 1.807) is 11.1 Å². The second-order valence-corrected chi connectivity index (χ2v) is 8.10. The third-order valence-corrected chi connectivity index (χ3v) is 5.99. The predicted molar refractivity (Wildman–Crippen MR) is 112 cm³/mol. The Labute approximate surface area is 177 Å². The number of nitrogens with one attached hydrogen (secondary N) is 1. The number of nitrogens with zero attached hydrogens (tertiary/aromatic N) is 4. The number of carbonyl (C=O) groups excluding carboxylic acids is 1. The molecule has 1 aliphatic rings. The average Bonchev–Trinajstić information content (AvgIpc) is 3.50. The number of aromatic nitrogens is 4. The van der Waals surface area contributed by atoms with Crippen molar-refractivity contribution in [3.8, 4) is 11.1 Å². The zero-order chi connectivity index (χ0) is 21.5. The fourth-order valence-electron chi connectivity index (χ4n) is 4.45. The van der Waals surface area contributed by atoms with Gasteiger partial charge in [-0.2, -0.15) is 5.10 Å². The Hall–Kier alpha value is -3.55. The first-order valence-corrected chi connectivity index (χ1v) is 10.2. The number of aromatic amines is 1. The molecule has 1 aromatic carbocycles. The number of likely N-dealkylation sites (tertiary alicyclic amines) is 1. The number of hydrogen-bond acceptors (Lipinski definition) is 3. The summed E-state index contributed by atoms with van der Waals surface area (Å²) in [6.07, 6.45) is 8.19. The summed E-state index contributed by atoms with van der Waals surface area (Å²) in [6, 6.07) is 7.76. The Balaban J connectivity index is 1.34. The first kappa shape index (κ1) is 19.4. The maximum Gasteiger partial charge on any atom is 0.257 e. The molecule has 158 valence electrons. The van der Waals surface area contributed by atoms with Gasteiger partial charge in [0.2, 0.25) is 0 Å². The van der Waals surface area contributed by atoms with Crippen molar-refractivity contribution in [2.45, 2.75) is 25.9 Å². The summed E-state index contributed by atoms with van der Waals surface area (Å²) in [4.78, 5) is 19.1. The molecule has 8 heteroatoms. The molecule has 31 heavy (non-hydrogen) atoms. The minimum atomic E-state index is -1.09. The highest BCUT2D eigenvalue weighted by Crippen LogP contribution is 2.29. The maximum atomic E-state index is 14.1. The van der Waals surface area contributed by atoms with Crippen LogP contribution < -0.4 is 0 Å². The number of rotatable bonds is 4. The minimum absolute atomic E-state index is 0.0531. The molecule has 3 aromatic heterocycles. The van der Waals surface area contributed by atoms with E-state index in [0.717, 1.165) is 34.6 Å². The minimum Gasteiger partial charge on any atom is -0.335 e. The van der Waals surface area contributed by atoms with Gasteiger partial charge in [-0.05, 0) is 43.5 Å². The lowest BCUT2D eigenvalue weighted by Gasteiger charge is -2.22. The van der Waals surface area contributed by atoms with E-state index >= 15 is 0 Å². The standard InChI is InChI=1S/C23H21F2N5O/c1-14-7-15(13-30(14)23(31)19-3-2-4-20(24)21(19)25)12-29-6-5-16-8-17(9-26-22(16)29)18-10-27-28-11-18/h2-6,8-11,14-15H,7,12-13H2,1H3,(H,27,28)/t14-,15-/m0/s1. The number of hydrogen-bond donors (Lipinski definition) is 1. The highest BCUT2D eigenvalue weighted by molar-refractivity contribution is 5.95. The van der Waals surface area contributed by atoms with Crippen molar-refractivity contribution in [2.75, 3.05) is 6.54 Å². The summed E-state index contributed by atoms with van der Waals surface area (Å²) < 4.78 is 29.7. The Morgan fingerprint density at radius 2 is 2.10 bits per heavy atom. The summed E-state index contributed by atoms with van der Waals surface area (Å²) in [6.45, 7) is 3.13. The fraction of sp³-hybridized carbons (Fsp3) is 0.261. The van der Waals surface area contributed by atoms with Gasteiger partial charge in [0, 0.05) is 54.2 Å². The molecule has 1 N–H and O–H groups in total. The molecule has 1 saturated heterocycles. The molecule has 0 aliphatic carbocycles. The Bertz CT molecular complexity index is 1250. The van der Waals surface area contributed by atoms with E-state index in [2.05, 4.69) is 25.8 Å². The molecule has 1 aliphatic heterocycles. The van der Waals surface area contributed by atoms with Gasteiger partial charge in [-0.15, -0.1) is 0 Å². The van der Waals surface area contributed by atoms with Crippen LogP contribution in [0.4, 0.5) is 8.78 Å². The van der Waals surface area contributed by atoms with Crippen LogP contribution in [0.15, 0.2) is 55.1 Å². The summed E-state index contributed by atoms with van der Waals surface area (Å²) in [7, 11) is 0. The molecule has 0 spiro atoms. The Morgan fingerprint density at radius 3 is 2.90 bits per heavy atom. The van der Waals surface area contributed by atoms with Crippen molar-refractivity contribution in [2.24, 2.45) is 5.92 Å². The van der Waals surface area contributed by atoms with Crippen LogP contribution in [0.2, 0.25) is 0 Å². The lowest BCUT2D eigenvalue weighted by molar-refractivity contribution is 0.0736. The van der Waals surface area contributed by atoms with Gasteiger partial charge in [0.1, 0.15) is 5.65 Å². The summed E-state index contributed by atoms with van der Waals surface area (Å²) >= 11 is 0. The fourth-order valence-corrected chi connectivity index (χ4v) is 4.45.